The van der Waals surface area contributed by atoms with Crippen LogP contribution in [0, 0.1) is 23.2 Å². The molecule has 1 saturated carbocycles. The molecule has 2 nitrogen and oxygen atoms in total. The number of nitrogens with zero attached hydrogens (tertiary/aromatic N) is 1. The van der Waals surface area contributed by atoms with Crippen LogP contribution in [0.1, 0.15) is 63.4 Å². The Bertz CT molecular complexity index is 678. The average molecular weight is 406 g/mol. The predicted octanol–water partition coefficient (Wildman–Crippen LogP) is 7.52. The second-order valence-electron chi connectivity index (χ2n) is 7.82. The smallest absolute Gasteiger partial charge is 0.406 e. The summed E-state index contributed by atoms with van der Waals surface area (Å²) in [6.45, 7) is 0. The number of alkyl halides is 3. The summed E-state index contributed by atoms with van der Waals surface area (Å²) in [5, 5.41) is 8.42. The third-order valence-electron chi connectivity index (χ3n) is 5.61. The number of aryl methyl sites for hydroxylation is 1. The number of rotatable bonds is 10. The maximum absolute atomic E-state index is 12.2. The van der Waals surface area contributed by atoms with E-state index in [-0.39, 0.29) is 5.75 Å². The second kappa shape index (κ2) is 12.4. The number of nitriles is 1. The molecule has 0 radical (unpaired) electrons. The van der Waals surface area contributed by atoms with Gasteiger partial charge in [-0.1, -0.05) is 68.9 Å². The average Bonchev–Trinajstić information content (AvgIpc) is 2.69. The van der Waals surface area contributed by atoms with Crippen molar-refractivity contribution in [2.75, 3.05) is 0 Å². The first kappa shape index (κ1) is 23.1. The van der Waals surface area contributed by atoms with Crippen molar-refractivity contribution < 1.29 is 17.9 Å². The Kier molecular flexibility index (Phi) is 9.83. The topological polar surface area (TPSA) is 33.0 Å². The summed E-state index contributed by atoms with van der Waals surface area (Å²) < 4.78 is 40.4. The zero-order valence-corrected chi connectivity index (χ0v) is 16.8. The fourth-order valence-corrected chi connectivity index (χ4v) is 4.03. The molecular formula is C24H30F3NO. The van der Waals surface area contributed by atoms with Gasteiger partial charge in [0, 0.05) is 6.08 Å². The highest BCUT2D eigenvalue weighted by Crippen LogP contribution is 2.34. The predicted molar refractivity (Wildman–Crippen MR) is 109 cm³/mol. The van der Waals surface area contributed by atoms with Gasteiger partial charge in [0.1, 0.15) is 5.75 Å². The van der Waals surface area contributed by atoms with E-state index in [0.717, 1.165) is 36.7 Å². The van der Waals surface area contributed by atoms with E-state index in [2.05, 4.69) is 10.8 Å². The summed E-state index contributed by atoms with van der Waals surface area (Å²) in [5.74, 6) is 1.49. The molecule has 2 rings (SSSR count). The molecule has 0 aliphatic heterocycles. The van der Waals surface area contributed by atoms with Crippen LogP contribution in [0.3, 0.4) is 0 Å². The number of ether oxygens (including phenoxy) is 1. The van der Waals surface area contributed by atoms with Crippen molar-refractivity contribution >= 4 is 0 Å². The maximum Gasteiger partial charge on any atom is 0.573 e. The molecule has 0 unspecified atom stereocenters. The van der Waals surface area contributed by atoms with Crippen LogP contribution in [0.25, 0.3) is 0 Å². The van der Waals surface area contributed by atoms with E-state index in [9.17, 15) is 13.2 Å². The Morgan fingerprint density at radius 3 is 2.24 bits per heavy atom. The van der Waals surface area contributed by atoms with Crippen LogP contribution in [0.2, 0.25) is 0 Å². The van der Waals surface area contributed by atoms with Crippen LogP contribution in [0.4, 0.5) is 13.2 Å². The molecule has 0 atom stereocenters. The number of unbranched alkanes of at least 4 members (excludes halogenated alkanes) is 1. The summed E-state index contributed by atoms with van der Waals surface area (Å²) in [7, 11) is 0. The zero-order chi connectivity index (χ0) is 21.0. The number of hydrogen-bond acceptors (Lipinski definition) is 2. The molecule has 0 spiro atoms. The minimum Gasteiger partial charge on any atom is -0.406 e. The summed E-state index contributed by atoms with van der Waals surface area (Å²) in [5.41, 5.74) is 1.06. The molecule has 1 fully saturated rings. The van der Waals surface area contributed by atoms with Crippen LogP contribution >= 0.6 is 0 Å². The van der Waals surface area contributed by atoms with E-state index < -0.39 is 6.36 Å². The van der Waals surface area contributed by atoms with Crippen LogP contribution in [0.15, 0.2) is 48.6 Å². The molecule has 0 bridgehead atoms. The van der Waals surface area contributed by atoms with Crippen molar-refractivity contribution in [3.05, 3.63) is 54.1 Å². The molecular weight excluding hydrogens is 375 g/mol. The molecule has 1 aliphatic carbocycles. The van der Waals surface area contributed by atoms with Gasteiger partial charge in [0.05, 0.1) is 6.07 Å². The minimum atomic E-state index is -4.63. The van der Waals surface area contributed by atoms with Crippen molar-refractivity contribution in [1.82, 2.24) is 0 Å². The minimum absolute atomic E-state index is 0.160. The fraction of sp³-hybridized carbons (Fsp3) is 0.542. The molecule has 1 aliphatic rings. The normalized spacial score (nSPS) is 20.2. The Morgan fingerprint density at radius 1 is 0.966 bits per heavy atom. The largest absolute Gasteiger partial charge is 0.573 e. The quantitative estimate of drug-likeness (QED) is 0.229. The van der Waals surface area contributed by atoms with Gasteiger partial charge in [-0.05, 0) is 55.2 Å². The number of hydrogen-bond donors (Lipinski definition) is 0. The van der Waals surface area contributed by atoms with Gasteiger partial charge in [0.25, 0.3) is 0 Å². The van der Waals surface area contributed by atoms with E-state index in [0.29, 0.717) is 0 Å². The monoisotopic (exact) mass is 405 g/mol. The van der Waals surface area contributed by atoms with E-state index in [4.69, 9.17) is 5.26 Å². The van der Waals surface area contributed by atoms with E-state index >= 15 is 0 Å². The van der Waals surface area contributed by atoms with Crippen molar-refractivity contribution in [3.63, 3.8) is 0 Å². The molecule has 1 aromatic rings. The first-order chi connectivity index (χ1) is 14.0. The van der Waals surface area contributed by atoms with Gasteiger partial charge in [0.15, 0.2) is 0 Å². The van der Waals surface area contributed by atoms with Crippen molar-refractivity contribution in [2.24, 2.45) is 11.8 Å². The number of halogens is 3. The van der Waals surface area contributed by atoms with E-state index in [1.54, 1.807) is 18.2 Å². The fourth-order valence-electron chi connectivity index (χ4n) is 4.03. The van der Waals surface area contributed by atoms with Gasteiger partial charge >= 0.3 is 6.36 Å². The lowest BCUT2D eigenvalue weighted by molar-refractivity contribution is -0.274. The first-order valence-electron chi connectivity index (χ1n) is 10.5. The summed E-state index contributed by atoms with van der Waals surface area (Å²) in [4.78, 5) is 0. The molecule has 1 aromatic carbocycles. The van der Waals surface area contributed by atoms with Crippen LogP contribution < -0.4 is 4.74 Å². The maximum atomic E-state index is 12.2. The lowest BCUT2D eigenvalue weighted by Gasteiger charge is -2.28. The van der Waals surface area contributed by atoms with Gasteiger partial charge in [-0.25, -0.2) is 0 Å². The third kappa shape index (κ3) is 10.2. The Balaban J connectivity index is 1.55. The molecule has 0 amide bonds. The highest BCUT2D eigenvalue weighted by atomic mass is 19.4. The highest BCUT2D eigenvalue weighted by Gasteiger charge is 2.30. The molecule has 5 heteroatoms. The van der Waals surface area contributed by atoms with E-state index in [1.165, 1.54) is 63.2 Å². The van der Waals surface area contributed by atoms with Gasteiger partial charge < -0.3 is 4.74 Å². The van der Waals surface area contributed by atoms with Gasteiger partial charge in [-0.3, -0.25) is 0 Å². The molecule has 158 valence electrons. The van der Waals surface area contributed by atoms with Gasteiger partial charge in [0.2, 0.25) is 0 Å². The van der Waals surface area contributed by atoms with E-state index in [1.807, 2.05) is 12.1 Å². The zero-order valence-electron chi connectivity index (χ0n) is 16.8. The molecule has 0 aromatic heterocycles. The van der Waals surface area contributed by atoms with Crippen LogP contribution in [0.5, 0.6) is 5.75 Å². The highest BCUT2D eigenvalue weighted by molar-refractivity contribution is 5.27. The van der Waals surface area contributed by atoms with Gasteiger partial charge in [-0.15, -0.1) is 13.2 Å². The number of allylic oxidation sites excluding steroid dienone is 4. The Labute approximate surface area is 172 Å². The molecule has 29 heavy (non-hydrogen) atoms. The van der Waals surface area contributed by atoms with Crippen molar-refractivity contribution in [3.8, 4) is 11.8 Å². The Morgan fingerprint density at radius 2 is 1.62 bits per heavy atom. The van der Waals surface area contributed by atoms with Crippen LogP contribution in [-0.2, 0) is 6.42 Å². The third-order valence-corrected chi connectivity index (χ3v) is 5.61. The SMILES string of the molecule is N#CC=CC=CCC[C@H]1CC[C@H](CCCCc2ccc(OC(F)(F)F)cc2)CC1. The van der Waals surface area contributed by atoms with Crippen molar-refractivity contribution in [2.45, 2.75) is 70.6 Å². The summed E-state index contributed by atoms with van der Waals surface area (Å²) >= 11 is 0. The van der Waals surface area contributed by atoms with Crippen LogP contribution in [-0.4, -0.2) is 6.36 Å². The lowest BCUT2D eigenvalue weighted by Crippen LogP contribution is -2.17. The van der Waals surface area contributed by atoms with Crippen molar-refractivity contribution in [1.29, 1.82) is 5.26 Å². The second-order valence-corrected chi connectivity index (χ2v) is 7.82. The summed E-state index contributed by atoms with van der Waals surface area (Å²) in [6, 6.07) is 8.19. The number of benzene rings is 1. The van der Waals surface area contributed by atoms with Gasteiger partial charge in [-0.2, -0.15) is 5.26 Å². The Hall–Kier alpha value is -2.22. The first-order valence-corrected chi connectivity index (χ1v) is 10.5. The summed E-state index contributed by atoms with van der Waals surface area (Å²) in [6.07, 6.45) is 14.7. The molecule has 0 saturated heterocycles. The molecule has 0 heterocycles. The molecule has 0 N–H and O–H groups in total. The lowest BCUT2D eigenvalue weighted by atomic mass is 9.78. The standard InChI is InChI=1S/C24H30F3NO/c25-24(26,27)29-23-17-15-22(16-18-23)10-6-5-9-21-13-11-20(12-14-21)8-4-2-1-3-7-19-28/h1-3,7,15-18,20-21H,4-6,8-14H2/t20-,21-.